The molecule has 0 saturated carbocycles. The normalized spacial score (nSPS) is 20.9. The lowest BCUT2D eigenvalue weighted by Crippen LogP contribution is -2.30. The predicted molar refractivity (Wildman–Crippen MR) is 82.4 cm³/mol. The second-order valence-corrected chi connectivity index (χ2v) is 5.99. The van der Waals surface area contributed by atoms with Crippen molar-refractivity contribution in [3.8, 4) is 11.5 Å². The third-order valence-electron chi connectivity index (χ3n) is 4.25. The van der Waals surface area contributed by atoms with Gasteiger partial charge in [-0.05, 0) is 37.4 Å². The molecule has 0 radical (unpaired) electrons. The summed E-state index contributed by atoms with van der Waals surface area (Å²) in [6.45, 7) is 3.02. The summed E-state index contributed by atoms with van der Waals surface area (Å²) in [5.74, 6) is 2.09. The van der Waals surface area contributed by atoms with Gasteiger partial charge >= 0.3 is 0 Å². The molecule has 2 aliphatic rings. The number of hydrogen-bond donors (Lipinski definition) is 1. The number of fused-ring (bicyclic) bond motifs is 1. The Morgan fingerprint density at radius 3 is 2.43 bits per heavy atom. The molecule has 1 aromatic rings. The van der Waals surface area contributed by atoms with Crippen LogP contribution < -0.4 is 14.8 Å². The molecule has 4 nitrogen and oxygen atoms in total. The van der Waals surface area contributed by atoms with E-state index in [9.17, 15) is 0 Å². The Hall–Kier alpha value is -0.970. The first-order chi connectivity index (χ1) is 10.3. The molecular weight excluding hydrogens is 290 g/mol. The molecule has 1 saturated heterocycles. The highest BCUT2D eigenvalue weighted by Crippen LogP contribution is 2.40. The third kappa shape index (κ3) is 3.28. The van der Waals surface area contributed by atoms with Gasteiger partial charge in [-0.3, -0.25) is 0 Å². The van der Waals surface area contributed by atoms with E-state index in [1.165, 1.54) is 0 Å². The highest BCUT2D eigenvalue weighted by molar-refractivity contribution is 6.31. The predicted octanol–water partition coefficient (Wildman–Crippen LogP) is 3.19. The largest absolute Gasteiger partial charge is 0.490 e. The summed E-state index contributed by atoms with van der Waals surface area (Å²) < 4.78 is 16.9. The van der Waals surface area contributed by atoms with Gasteiger partial charge in [0.15, 0.2) is 11.5 Å². The minimum atomic E-state index is 0.221. The van der Waals surface area contributed by atoms with Gasteiger partial charge in [-0.25, -0.2) is 0 Å². The van der Waals surface area contributed by atoms with Crippen LogP contribution >= 0.6 is 11.6 Å². The molecule has 0 aliphatic carbocycles. The number of halogens is 1. The highest BCUT2D eigenvalue weighted by Gasteiger charge is 2.27. The number of benzene rings is 1. The van der Waals surface area contributed by atoms with Gasteiger partial charge in [-0.15, -0.1) is 0 Å². The summed E-state index contributed by atoms with van der Waals surface area (Å²) in [4.78, 5) is 0. The Balaban J connectivity index is 1.90. The van der Waals surface area contributed by atoms with E-state index in [2.05, 4.69) is 5.32 Å². The van der Waals surface area contributed by atoms with Crippen molar-refractivity contribution in [2.24, 2.45) is 5.92 Å². The lowest BCUT2D eigenvalue weighted by atomic mass is 9.87. The molecule has 0 amide bonds. The quantitative estimate of drug-likeness (QED) is 0.930. The van der Waals surface area contributed by atoms with E-state index in [-0.39, 0.29) is 6.04 Å². The van der Waals surface area contributed by atoms with Crippen molar-refractivity contribution in [2.75, 3.05) is 33.5 Å². The van der Waals surface area contributed by atoms with Crippen LogP contribution in [0.2, 0.25) is 5.02 Å². The second kappa shape index (κ2) is 6.86. The lowest BCUT2D eigenvalue weighted by molar-refractivity contribution is 0.0546. The van der Waals surface area contributed by atoms with Crippen LogP contribution in [0, 0.1) is 5.92 Å². The summed E-state index contributed by atoms with van der Waals surface area (Å²) >= 11 is 6.50. The standard InChI is InChI=1S/C16H22ClNO3/c1-18-16(11-3-7-19-8-4-11)12-9-14-15(10-13(12)17)21-6-2-5-20-14/h9-11,16,18H,2-8H2,1H3. The first-order valence-electron chi connectivity index (χ1n) is 7.63. The van der Waals surface area contributed by atoms with E-state index in [0.717, 1.165) is 54.6 Å². The average Bonchev–Trinajstić information content (AvgIpc) is 2.74. The molecule has 2 aliphatic heterocycles. The van der Waals surface area contributed by atoms with Gasteiger partial charge in [-0.1, -0.05) is 11.6 Å². The highest BCUT2D eigenvalue weighted by atomic mass is 35.5. The number of nitrogens with one attached hydrogen (secondary N) is 1. The second-order valence-electron chi connectivity index (χ2n) is 5.59. The molecule has 1 atom stereocenters. The molecule has 0 bridgehead atoms. The molecule has 1 N–H and O–H groups in total. The van der Waals surface area contributed by atoms with Crippen molar-refractivity contribution in [3.63, 3.8) is 0 Å². The Morgan fingerprint density at radius 2 is 1.76 bits per heavy atom. The molecule has 21 heavy (non-hydrogen) atoms. The van der Waals surface area contributed by atoms with Crippen LogP contribution in [0.3, 0.4) is 0 Å². The van der Waals surface area contributed by atoms with Crippen LogP contribution in [0.15, 0.2) is 12.1 Å². The van der Waals surface area contributed by atoms with Gasteiger partial charge in [0.1, 0.15) is 0 Å². The van der Waals surface area contributed by atoms with Gasteiger partial charge in [0.05, 0.1) is 13.2 Å². The first kappa shape index (κ1) is 14.9. The maximum Gasteiger partial charge on any atom is 0.162 e. The monoisotopic (exact) mass is 311 g/mol. The zero-order chi connectivity index (χ0) is 14.7. The van der Waals surface area contributed by atoms with E-state index in [4.69, 9.17) is 25.8 Å². The van der Waals surface area contributed by atoms with Crippen LogP contribution in [-0.2, 0) is 4.74 Å². The van der Waals surface area contributed by atoms with E-state index < -0.39 is 0 Å². The van der Waals surface area contributed by atoms with Gasteiger partial charge in [-0.2, -0.15) is 0 Å². The van der Waals surface area contributed by atoms with Crippen LogP contribution in [0.25, 0.3) is 0 Å². The fourth-order valence-electron chi connectivity index (χ4n) is 3.13. The molecule has 116 valence electrons. The minimum absolute atomic E-state index is 0.221. The Bertz CT molecular complexity index is 489. The molecule has 5 heteroatoms. The number of ether oxygens (including phenoxy) is 3. The Kier molecular flexibility index (Phi) is 4.88. The molecular formula is C16H22ClNO3. The van der Waals surface area contributed by atoms with Crippen molar-refractivity contribution in [1.82, 2.24) is 5.32 Å². The molecule has 1 fully saturated rings. The Labute approximate surface area is 130 Å². The summed E-state index contributed by atoms with van der Waals surface area (Å²) in [7, 11) is 1.99. The molecule has 0 spiro atoms. The zero-order valence-corrected chi connectivity index (χ0v) is 13.1. The zero-order valence-electron chi connectivity index (χ0n) is 12.4. The van der Waals surface area contributed by atoms with Crippen molar-refractivity contribution in [2.45, 2.75) is 25.3 Å². The van der Waals surface area contributed by atoms with E-state index >= 15 is 0 Å². The summed E-state index contributed by atoms with van der Waals surface area (Å²) in [5, 5.41) is 4.16. The lowest BCUT2D eigenvalue weighted by Gasteiger charge is -2.31. The van der Waals surface area contributed by atoms with Crippen molar-refractivity contribution >= 4 is 11.6 Å². The minimum Gasteiger partial charge on any atom is -0.490 e. The fourth-order valence-corrected chi connectivity index (χ4v) is 3.40. The third-order valence-corrected chi connectivity index (χ3v) is 4.58. The number of hydrogen-bond acceptors (Lipinski definition) is 4. The van der Waals surface area contributed by atoms with Crippen molar-refractivity contribution in [1.29, 1.82) is 0 Å². The van der Waals surface area contributed by atoms with Crippen LogP contribution in [-0.4, -0.2) is 33.5 Å². The van der Waals surface area contributed by atoms with Crippen molar-refractivity contribution < 1.29 is 14.2 Å². The Morgan fingerprint density at radius 1 is 1.10 bits per heavy atom. The van der Waals surface area contributed by atoms with Gasteiger partial charge in [0.25, 0.3) is 0 Å². The maximum absolute atomic E-state index is 6.50. The van der Waals surface area contributed by atoms with Crippen molar-refractivity contribution in [3.05, 3.63) is 22.7 Å². The molecule has 3 rings (SSSR count). The van der Waals surface area contributed by atoms with E-state index in [1.54, 1.807) is 0 Å². The van der Waals surface area contributed by atoms with Crippen LogP contribution in [0.1, 0.15) is 30.9 Å². The first-order valence-corrected chi connectivity index (χ1v) is 8.01. The molecule has 1 aromatic carbocycles. The topological polar surface area (TPSA) is 39.7 Å². The van der Waals surface area contributed by atoms with Gasteiger partial charge in [0.2, 0.25) is 0 Å². The van der Waals surface area contributed by atoms with Crippen LogP contribution in [0.5, 0.6) is 11.5 Å². The SMILES string of the molecule is CNC(c1cc2c(cc1Cl)OCCCO2)C1CCOCC1. The molecule has 2 heterocycles. The fraction of sp³-hybridized carbons (Fsp3) is 0.625. The van der Waals surface area contributed by atoms with Gasteiger partial charge < -0.3 is 19.5 Å². The summed E-state index contributed by atoms with van der Waals surface area (Å²) in [6, 6.07) is 4.15. The summed E-state index contributed by atoms with van der Waals surface area (Å²) in [5.41, 5.74) is 1.09. The van der Waals surface area contributed by atoms with E-state index in [0.29, 0.717) is 19.1 Å². The smallest absolute Gasteiger partial charge is 0.162 e. The van der Waals surface area contributed by atoms with Crippen LogP contribution in [0.4, 0.5) is 0 Å². The molecule has 0 aromatic heterocycles. The number of rotatable bonds is 3. The van der Waals surface area contributed by atoms with E-state index in [1.807, 2.05) is 19.2 Å². The van der Waals surface area contributed by atoms with Gasteiger partial charge in [0, 0.05) is 36.8 Å². The summed E-state index contributed by atoms with van der Waals surface area (Å²) in [6.07, 6.45) is 3.00. The average molecular weight is 312 g/mol. The maximum atomic E-state index is 6.50. The molecule has 1 unspecified atom stereocenters.